The summed E-state index contributed by atoms with van der Waals surface area (Å²) in [6.07, 6.45) is 1.84. The first-order valence-corrected chi connectivity index (χ1v) is 6.27. The van der Waals surface area contributed by atoms with Crippen molar-refractivity contribution in [2.45, 2.75) is 19.8 Å². The fourth-order valence-corrected chi connectivity index (χ4v) is 1.99. The highest BCUT2D eigenvalue weighted by Crippen LogP contribution is 2.20. The molecule has 2 nitrogen and oxygen atoms in total. The Morgan fingerprint density at radius 2 is 1.88 bits per heavy atom. The van der Waals surface area contributed by atoms with E-state index in [0.29, 0.717) is 0 Å². The molecule has 0 aliphatic rings. The minimum Gasteiger partial charge on any atom is -0.233 e. The number of rotatable bonds is 3. The summed E-state index contributed by atoms with van der Waals surface area (Å²) in [6.45, 7) is 2.09. The van der Waals surface area contributed by atoms with E-state index >= 15 is 0 Å². The predicted octanol–water partition coefficient (Wildman–Crippen LogP) is 4.00. The van der Waals surface area contributed by atoms with Crippen LogP contribution in [0, 0.1) is 5.82 Å². The van der Waals surface area contributed by atoms with Gasteiger partial charge in [-0.2, -0.15) is 0 Å². The molecule has 0 aliphatic heterocycles. The van der Waals surface area contributed by atoms with Crippen molar-refractivity contribution in [2.24, 2.45) is 0 Å². The van der Waals surface area contributed by atoms with Crippen molar-refractivity contribution < 1.29 is 4.39 Å². The van der Waals surface area contributed by atoms with Gasteiger partial charge in [-0.3, -0.25) is 0 Å². The fraction of sp³-hybridized carbons (Fsp3) is 0.231. The van der Waals surface area contributed by atoms with E-state index in [-0.39, 0.29) is 5.82 Å². The molecule has 17 heavy (non-hydrogen) atoms. The van der Waals surface area contributed by atoms with Gasteiger partial charge in [-0.25, -0.2) is 14.4 Å². The second kappa shape index (κ2) is 5.36. The zero-order valence-corrected chi connectivity index (χ0v) is 11.0. The lowest BCUT2D eigenvalue weighted by molar-refractivity contribution is 0.628. The van der Waals surface area contributed by atoms with E-state index in [9.17, 15) is 4.39 Å². The van der Waals surface area contributed by atoms with Gasteiger partial charge in [0.1, 0.15) is 16.2 Å². The molecule has 2 aromatic rings. The van der Waals surface area contributed by atoms with Gasteiger partial charge in [0, 0.05) is 12.0 Å². The van der Waals surface area contributed by atoms with Gasteiger partial charge < -0.3 is 0 Å². The summed E-state index contributed by atoms with van der Waals surface area (Å²) >= 11 is 3.37. The van der Waals surface area contributed by atoms with Crippen LogP contribution in [-0.4, -0.2) is 9.97 Å². The van der Waals surface area contributed by atoms with E-state index in [1.54, 1.807) is 12.1 Å². The van der Waals surface area contributed by atoms with Crippen molar-refractivity contribution in [3.05, 3.63) is 46.6 Å². The maximum absolute atomic E-state index is 12.8. The quantitative estimate of drug-likeness (QED) is 0.800. The van der Waals surface area contributed by atoms with Crippen LogP contribution in [0.1, 0.15) is 19.2 Å². The van der Waals surface area contributed by atoms with Gasteiger partial charge in [-0.05, 0) is 52.7 Å². The van der Waals surface area contributed by atoms with Crippen LogP contribution in [-0.2, 0) is 6.42 Å². The molecule has 0 aliphatic carbocycles. The lowest BCUT2D eigenvalue weighted by Crippen LogP contribution is -1.97. The molecule has 0 amide bonds. The largest absolute Gasteiger partial charge is 0.233 e. The van der Waals surface area contributed by atoms with E-state index in [2.05, 4.69) is 32.8 Å². The topological polar surface area (TPSA) is 25.8 Å². The zero-order chi connectivity index (χ0) is 12.3. The summed E-state index contributed by atoms with van der Waals surface area (Å²) in [5, 5.41) is 0. The van der Waals surface area contributed by atoms with Crippen LogP contribution in [0.3, 0.4) is 0 Å². The molecule has 2 rings (SSSR count). The molecule has 0 bridgehead atoms. The van der Waals surface area contributed by atoms with Gasteiger partial charge in [0.25, 0.3) is 0 Å². The van der Waals surface area contributed by atoms with Crippen molar-refractivity contribution in [2.75, 3.05) is 0 Å². The second-order valence-corrected chi connectivity index (χ2v) is 4.56. The van der Waals surface area contributed by atoms with Crippen LogP contribution >= 0.6 is 15.9 Å². The Kier molecular flexibility index (Phi) is 3.84. The molecular formula is C13H12BrFN2. The maximum Gasteiger partial charge on any atom is 0.130 e. The summed E-state index contributed by atoms with van der Waals surface area (Å²) in [6, 6.07) is 8.15. The number of nitrogens with zero attached hydrogens (tertiary/aromatic N) is 2. The molecule has 88 valence electrons. The van der Waals surface area contributed by atoms with Crippen LogP contribution in [0.25, 0.3) is 11.3 Å². The van der Waals surface area contributed by atoms with E-state index in [0.717, 1.165) is 34.5 Å². The Hall–Kier alpha value is -1.29. The average Bonchev–Trinajstić information content (AvgIpc) is 2.29. The Labute approximate surface area is 108 Å². The monoisotopic (exact) mass is 294 g/mol. The van der Waals surface area contributed by atoms with Crippen molar-refractivity contribution in [1.82, 2.24) is 9.97 Å². The summed E-state index contributed by atoms with van der Waals surface area (Å²) in [5.74, 6) is 0.567. The summed E-state index contributed by atoms with van der Waals surface area (Å²) in [5.41, 5.74) is 1.71. The van der Waals surface area contributed by atoms with Crippen LogP contribution in [0.4, 0.5) is 4.39 Å². The minimum absolute atomic E-state index is 0.240. The standard InChI is InChI=1S/C13H12BrFN2/c1-2-3-13-16-11(8-12(14)17-13)9-4-6-10(15)7-5-9/h4-8H,2-3H2,1H3. The number of halogens is 2. The van der Waals surface area contributed by atoms with E-state index in [4.69, 9.17) is 0 Å². The Morgan fingerprint density at radius 3 is 2.53 bits per heavy atom. The molecule has 0 saturated carbocycles. The SMILES string of the molecule is CCCc1nc(Br)cc(-c2ccc(F)cc2)n1. The predicted molar refractivity (Wildman–Crippen MR) is 69.1 cm³/mol. The van der Waals surface area contributed by atoms with Gasteiger partial charge in [-0.1, -0.05) is 6.92 Å². The Balaban J connectivity index is 2.40. The first kappa shape index (κ1) is 12.2. The molecule has 1 aromatic heterocycles. The summed E-state index contributed by atoms with van der Waals surface area (Å²) in [7, 11) is 0. The summed E-state index contributed by atoms with van der Waals surface area (Å²) < 4.78 is 13.6. The smallest absolute Gasteiger partial charge is 0.130 e. The van der Waals surface area contributed by atoms with Crippen molar-refractivity contribution in [3.63, 3.8) is 0 Å². The van der Waals surface area contributed by atoms with Gasteiger partial charge in [-0.15, -0.1) is 0 Å². The first-order chi connectivity index (χ1) is 8.19. The van der Waals surface area contributed by atoms with E-state index in [1.807, 2.05) is 6.07 Å². The fourth-order valence-electron chi connectivity index (χ4n) is 1.57. The number of aryl methyl sites for hydroxylation is 1. The molecule has 0 N–H and O–H groups in total. The van der Waals surface area contributed by atoms with Crippen molar-refractivity contribution >= 4 is 15.9 Å². The first-order valence-electron chi connectivity index (χ1n) is 5.48. The minimum atomic E-state index is -0.240. The number of hydrogen-bond acceptors (Lipinski definition) is 2. The third kappa shape index (κ3) is 3.09. The molecule has 0 fully saturated rings. The third-order valence-corrected chi connectivity index (χ3v) is 2.76. The van der Waals surface area contributed by atoms with E-state index in [1.165, 1.54) is 12.1 Å². The molecule has 0 radical (unpaired) electrons. The summed E-state index contributed by atoms with van der Waals surface area (Å²) in [4.78, 5) is 8.76. The van der Waals surface area contributed by atoms with Crippen LogP contribution in [0.15, 0.2) is 34.9 Å². The van der Waals surface area contributed by atoms with Crippen LogP contribution in [0.2, 0.25) is 0 Å². The lowest BCUT2D eigenvalue weighted by atomic mass is 10.1. The van der Waals surface area contributed by atoms with Crippen molar-refractivity contribution in [1.29, 1.82) is 0 Å². The highest BCUT2D eigenvalue weighted by molar-refractivity contribution is 9.10. The Morgan fingerprint density at radius 1 is 1.18 bits per heavy atom. The molecule has 0 atom stereocenters. The molecule has 1 heterocycles. The number of hydrogen-bond donors (Lipinski definition) is 0. The Bertz CT molecular complexity index is 511. The highest BCUT2D eigenvalue weighted by Gasteiger charge is 2.05. The van der Waals surface area contributed by atoms with Crippen LogP contribution < -0.4 is 0 Å². The number of benzene rings is 1. The molecule has 0 spiro atoms. The van der Waals surface area contributed by atoms with Gasteiger partial charge >= 0.3 is 0 Å². The van der Waals surface area contributed by atoms with Gasteiger partial charge in [0.15, 0.2) is 0 Å². The number of aromatic nitrogens is 2. The molecule has 0 saturated heterocycles. The maximum atomic E-state index is 12.8. The molecular weight excluding hydrogens is 283 g/mol. The zero-order valence-electron chi connectivity index (χ0n) is 9.45. The van der Waals surface area contributed by atoms with Gasteiger partial charge in [0.05, 0.1) is 5.69 Å². The second-order valence-electron chi connectivity index (χ2n) is 3.75. The van der Waals surface area contributed by atoms with Crippen LogP contribution in [0.5, 0.6) is 0 Å². The van der Waals surface area contributed by atoms with Gasteiger partial charge in [0.2, 0.25) is 0 Å². The lowest BCUT2D eigenvalue weighted by Gasteiger charge is -2.04. The third-order valence-electron chi connectivity index (χ3n) is 2.35. The molecule has 4 heteroatoms. The normalized spacial score (nSPS) is 10.5. The molecule has 1 aromatic carbocycles. The molecule has 0 unspecified atom stereocenters. The highest BCUT2D eigenvalue weighted by atomic mass is 79.9. The average molecular weight is 295 g/mol. The van der Waals surface area contributed by atoms with E-state index < -0.39 is 0 Å². The van der Waals surface area contributed by atoms with Crippen molar-refractivity contribution in [3.8, 4) is 11.3 Å².